The molecular weight excluding hydrogens is 248 g/mol. The zero-order valence-electron chi connectivity index (χ0n) is 13.4. The molecule has 0 amide bonds. The second-order valence-electron chi connectivity index (χ2n) is 5.19. The summed E-state index contributed by atoms with van der Waals surface area (Å²) in [6.45, 7) is 8.99. The van der Waals surface area contributed by atoms with E-state index in [4.69, 9.17) is 4.74 Å². The monoisotopic (exact) mass is 276 g/mol. The lowest BCUT2D eigenvalue weighted by Crippen LogP contribution is -2.06. The molecule has 0 aliphatic heterocycles. The molecule has 112 valence electrons. The summed E-state index contributed by atoms with van der Waals surface area (Å²) in [5.41, 5.74) is 2.61. The van der Waals surface area contributed by atoms with Crippen LogP contribution in [0.5, 0.6) is 5.75 Å². The number of Topliss-reactive ketones (excluding diaryl/α,β-unsaturated/α-hetero) is 1. The van der Waals surface area contributed by atoms with Gasteiger partial charge in [-0.2, -0.15) is 0 Å². The number of benzene rings is 1. The maximum Gasteiger partial charge on any atom is 0.132 e. The zero-order chi connectivity index (χ0) is 15.0. The number of hydrogen-bond acceptors (Lipinski definition) is 2. The lowest BCUT2D eigenvalue weighted by atomic mass is 9.88. The first-order valence-electron chi connectivity index (χ1n) is 7.93. The minimum absolute atomic E-state index is 0.355. The zero-order valence-corrected chi connectivity index (χ0v) is 13.4. The first-order chi connectivity index (χ1) is 9.65. The van der Waals surface area contributed by atoms with Gasteiger partial charge in [0.2, 0.25) is 0 Å². The van der Waals surface area contributed by atoms with Gasteiger partial charge in [0.15, 0.2) is 0 Å². The van der Waals surface area contributed by atoms with Crippen molar-refractivity contribution in [3.8, 4) is 5.75 Å². The normalized spacial score (nSPS) is 12.2. The second-order valence-corrected chi connectivity index (χ2v) is 5.19. The van der Waals surface area contributed by atoms with Crippen LogP contribution in [-0.2, 0) is 11.2 Å². The van der Waals surface area contributed by atoms with Gasteiger partial charge in [-0.3, -0.25) is 4.79 Å². The largest absolute Gasteiger partial charge is 0.494 e. The Balaban J connectivity index is 2.95. The molecule has 0 heterocycles. The molecule has 1 atom stereocenters. The molecule has 1 unspecified atom stereocenters. The Kier molecular flexibility index (Phi) is 7.35. The van der Waals surface area contributed by atoms with Gasteiger partial charge in [0.1, 0.15) is 11.5 Å². The fraction of sp³-hybridized carbons (Fsp3) is 0.611. The molecule has 0 bridgehead atoms. The van der Waals surface area contributed by atoms with Gasteiger partial charge in [-0.25, -0.2) is 0 Å². The van der Waals surface area contributed by atoms with Crippen molar-refractivity contribution in [2.24, 2.45) is 0 Å². The number of rotatable bonds is 9. The number of ketones is 1. The van der Waals surface area contributed by atoms with Crippen LogP contribution in [0, 0.1) is 0 Å². The van der Waals surface area contributed by atoms with Crippen molar-refractivity contribution < 1.29 is 9.53 Å². The molecular formula is C18H28O2. The predicted octanol–water partition coefficient (Wildman–Crippen LogP) is 4.90. The van der Waals surface area contributed by atoms with E-state index in [2.05, 4.69) is 32.0 Å². The summed E-state index contributed by atoms with van der Waals surface area (Å²) in [6, 6.07) is 6.48. The van der Waals surface area contributed by atoms with Crippen LogP contribution in [-0.4, -0.2) is 12.4 Å². The van der Waals surface area contributed by atoms with E-state index in [1.54, 1.807) is 0 Å². The summed E-state index contributed by atoms with van der Waals surface area (Å²) in [5.74, 6) is 1.76. The third-order valence-electron chi connectivity index (χ3n) is 3.88. The Bertz CT molecular complexity index is 423. The fourth-order valence-corrected chi connectivity index (χ4v) is 2.52. The third kappa shape index (κ3) is 4.66. The average Bonchev–Trinajstić information content (AvgIpc) is 2.49. The van der Waals surface area contributed by atoms with Crippen LogP contribution < -0.4 is 4.74 Å². The molecule has 1 rings (SSSR count). The maximum atomic E-state index is 11.6. The molecule has 0 aliphatic carbocycles. The van der Waals surface area contributed by atoms with E-state index in [0.717, 1.165) is 25.0 Å². The lowest BCUT2D eigenvalue weighted by molar-refractivity contribution is -0.118. The van der Waals surface area contributed by atoms with Crippen LogP contribution in [0.15, 0.2) is 18.2 Å². The first kappa shape index (κ1) is 16.7. The van der Waals surface area contributed by atoms with E-state index in [1.165, 1.54) is 11.1 Å². The Hall–Kier alpha value is -1.31. The second kappa shape index (κ2) is 8.78. The van der Waals surface area contributed by atoms with Crippen molar-refractivity contribution in [2.45, 2.75) is 65.7 Å². The van der Waals surface area contributed by atoms with Gasteiger partial charge < -0.3 is 4.74 Å². The smallest absolute Gasteiger partial charge is 0.132 e. The number of ether oxygens (including phenoxy) is 1. The molecule has 0 aromatic heterocycles. The van der Waals surface area contributed by atoms with E-state index in [0.29, 0.717) is 31.1 Å². The molecule has 0 radical (unpaired) electrons. The highest BCUT2D eigenvalue weighted by molar-refractivity contribution is 5.78. The summed E-state index contributed by atoms with van der Waals surface area (Å²) >= 11 is 0. The van der Waals surface area contributed by atoms with Gasteiger partial charge in [-0.05, 0) is 49.3 Å². The molecule has 0 saturated heterocycles. The minimum atomic E-state index is 0.355. The fourth-order valence-electron chi connectivity index (χ4n) is 2.52. The first-order valence-corrected chi connectivity index (χ1v) is 7.93. The van der Waals surface area contributed by atoms with Crippen LogP contribution in [0.4, 0.5) is 0 Å². The summed E-state index contributed by atoms with van der Waals surface area (Å²) in [5, 5.41) is 0. The van der Waals surface area contributed by atoms with E-state index in [1.807, 2.05) is 13.8 Å². The molecule has 2 heteroatoms. The number of aryl methyl sites for hydroxylation is 1. The molecule has 1 aromatic carbocycles. The van der Waals surface area contributed by atoms with Crippen LogP contribution in [0.1, 0.15) is 70.4 Å². The topological polar surface area (TPSA) is 26.3 Å². The Morgan fingerprint density at radius 3 is 2.50 bits per heavy atom. The number of carbonyl (C=O) groups excluding carboxylic acids is 1. The van der Waals surface area contributed by atoms with E-state index in [9.17, 15) is 4.79 Å². The Morgan fingerprint density at radius 2 is 1.95 bits per heavy atom. The van der Waals surface area contributed by atoms with Crippen molar-refractivity contribution in [1.29, 1.82) is 0 Å². The van der Waals surface area contributed by atoms with Gasteiger partial charge in [-0.1, -0.05) is 32.9 Å². The maximum absolute atomic E-state index is 11.6. The van der Waals surface area contributed by atoms with Gasteiger partial charge in [0.25, 0.3) is 0 Å². The Morgan fingerprint density at radius 1 is 1.20 bits per heavy atom. The molecule has 1 aromatic rings. The molecule has 20 heavy (non-hydrogen) atoms. The summed E-state index contributed by atoms with van der Waals surface area (Å²) in [4.78, 5) is 11.6. The minimum Gasteiger partial charge on any atom is -0.494 e. The predicted molar refractivity (Wildman–Crippen MR) is 84.6 cm³/mol. The van der Waals surface area contributed by atoms with E-state index >= 15 is 0 Å². The average molecular weight is 276 g/mol. The van der Waals surface area contributed by atoms with Gasteiger partial charge in [-0.15, -0.1) is 0 Å². The number of carbonyl (C=O) groups is 1. The highest BCUT2D eigenvalue weighted by atomic mass is 16.5. The van der Waals surface area contributed by atoms with Gasteiger partial charge in [0, 0.05) is 12.8 Å². The highest BCUT2D eigenvalue weighted by Crippen LogP contribution is 2.33. The molecule has 0 aliphatic rings. The molecule has 0 N–H and O–H groups in total. The van der Waals surface area contributed by atoms with Gasteiger partial charge >= 0.3 is 0 Å². The third-order valence-corrected chi connectivity index (χ3v) is 3.88. The van der Waals surface area contributed by atoms with Gasteiger partial charge in [0.05, 0.1) is 6.61 Å². The van der Waals surface area contributed by atoms with Crippen molar-refractivity contribution >= 4 is 5.78 Å². The molecule has 0 saturated carbocycles. The van der Waals surface area contributed by atoms with E-state index < -0.39 is 0 Å². The molecule has 0 fully saturated rings. The van der Waals surface area contributed by atoms with Crippen LogP contribution in [0.3, 0.4) is 0 Å². The van der Waals surface area contributed by atoms with Crippen LogP contribution >= 0.6 is 0 Å². The quantitative estimate of drug-likeness (QED) is 0.641. The summed E-state index contributed by atoms with van der Waals surface area (Å²) in [7, 11) is 0. The lowest BCUT2D eigenvalue weighted by Gasteiger charge is -2.20. The molecule has 2 nitrogen and oxygen atoms in total. The van der Waals surface area contributed by atoms with Crippen LogP contribution in [0.2, 0.25) is 0 Å². The van der Waals surface area contributed by atoms with Crippen molar-refractivity contribution in [1.82, 2.24) is 0 Å². The molecule has 0 spiro atoms. The summed E-state index contributed by atoms with van der Waals surface area (Å²) < 4.78 is 5.77. The number of hydrogen-bond donors (Lipinski definition) is 0. The van der Waals surface area contributed by atoms with Crippen molar-refractivity contribution in [2.75, 3.05) is 6.61 Å². The Labute approximate surface area is 123 Å². The van der Waals surface area contributed by atoms with Crippen molar-refractivity contribution in [3.63, 3.8) is 0 Å². The standard InChI is InChI=1S/C18H28O2/c1-5-14-9-12-18(20-8-4)17(13-14)15(6-2)10-11-16(19)7-3/h9,12-13,15H,5-8,10-11H2,1-4H3. The highest BCUT2D eigenvalue weighted by Gasteiger charge is 2.16. The van der Waals surface area contributed by atoms with E-state index in [-0.39, 0.29) is 0 Å². The van der Waals surface area contributed by atoms with Crippen molar-refractivity contribution in [3.05, 3.63) is 29.3 Å². The summed E-state index contributed by atoms with van der Waals surface area (Å²) in [6.07, 6.45) is 4.32. The van der Waals surface area contributed by atoms with Crippen LogP contribution in [0.25, 0.3) is 0 Å². The SMILES string of the molecule is CCOc1ccc(CC)cc1C(CC)CCC(=O)CC.